The van der Waals surface area contributed by atoms with Gasteiger partial charge in [0.1, 0.15) is 5.82 Å². The van der Waals surface area contributed by atoms with Crippen LogP contribution in [0.1, 0.15) is 47.0 Å². The molecule has 0 aliphatic carbocycles. The number of aromatic nitrogens is 3. The molecule has 3 rings (SSSR count). The second-order valence-electron chi connectivity index (χ2n) is 5.33. The van der Waals surface area contributed by atoms with Crippen molar-refractivity contribution in [3.05, 3.63) is 41.3 Å². The summed E-state index contributed by atoms with van der Waals surface area (Å²) in [6, 6.07) is 3.60. The maximum absolute atomic E-state index is 12.4. The van der Waals surface area contributed by atoms with Crippen molar-refractivity contribution >= 4 is 5.91 Å². The topological polar surface area (TPSA) is 72.1 Å². The van der Waals surface area contributed by atoms with Crippen molar-refractivity contribution in [2.75, 3.05) is 13.1 Å². The fourth-order valence-corrected chi connectivity index (χ4v) is 2.56. The Labute approximate surface area is 123 Å². The number of rotatable bonds is 3. The number of nitrogens with zero attached hydrogens (tertiary/aromatic N) is 4. The van der Waals surface area contributed by atoms with Gasteiger partial charge in [-0.3, -0.25) is 4.79 Å². The Balaban J connectivity index is 1.70. The second kappa shape index (κ2) is 5.63. The summed E-state index contributed by atoms with van der Waals surface area (Å²) in [4.78, 5) is 22.9. The summed E-state index contributed by atoms with van der Waals surface area (Å²) in [5, 5.41) is 3.87. The lowest BCUT2D eigenvalue weighted by Crippen LogP contribution is -2.28. The number of aryl methyl sites for hydroxylation is 2. The van der Waals surface area contributed by atoms with E-state index >= 15 is 0 Å². The molecule has 1 fully saturated rings. The Morgan fingerprint density at radius 3 is 3.10 bits per heavy atom. The van der Waals surface area contributed by atoms with Gasteiger partial charge in [0.05, 0.1) is 5.69 Å². The summed E-state index contributed by atoms with van der Waals surface area (Å²) < 4.78 is 5.12. The third-order valence-corrected chi connectivity index (χ3v) is 3.79. The van der Waals surface area contributed by atoms with E-state index in [2.05, 4.69) is 15.1 Å². The molecule has 2 aromatic heterocycles. The predicted octanol–water partition coefficient (Wildman–Crippen LogP) is 1.97. The average Bonchev–Trinajstić information content (AvgIpc) is 3.16. The van der Waals surface area contributed by atoms with Gasteiger partial charge in [-0.15, -0.1) is 0 Å². The zero-order chi connectivity index (χ0) is 14.8. The Kier molecular flexibility index (Phi) is 3.68. The molecular weight excluding hydrogens is 268 g/mol. The molecule has 0 saturated carbocycles. The van der Waals surface area contributed by atoms with Crippen LogP contribution in [0.4, 0.5) is 0 Å². The summed E-state index contributed by atoms with van der Waals surface area (Å²) >= 11 is 0. The average molecular weight is 286 g/mol. The van der Waals surface area contributed by atoms with E-state index in [1.54, 1.807) is 17.2 Å². The Bertz CT molecular complexity index is 653. The Morgan fingerprint density at radius 1 is 1.52 bits per heavy atom. The zero-order valence-electron chi connectivity index (χ0n) is 12.2. The fourth-order valence-electron chi connectivity index (χ4n) is 2.56. The summed E-state index contributed by atoms with van der Waals surface area (Å²) in [6.07, 6.45) is 3.41. The molecule has 1 saturated heterocycles. The van der Waals surface area contributed by atoms with Crippen LogP contribution >= 0.6 is 0 Å². The van der Waals surface area contributed by atoms with Crippen LogP contribution in [0.25, 0.3) is 0 Å². The number of hydrogen-bond acceptors (Lipinski definition) is 5. The predicted molar refractivity (Wildman–Crippen MR) is 75.9 cm³/mol. The van der Waals surface area contributed by atoms with E-state index in [-0.39, 0.29) is 11.8 Å². The third kappa shape index (κ3) is 2.79. The molecule has 2 aromatic rings. The molecule has 1 atom stereocenters. The van der Waals surface area contributed by atoms with Crippen LogP contribution in [-0.4, -0.2) is 39.0 Å². The Hall–Kier alpha value is -2.24. The van der Waals surface area contributed by atoms with Gasteiger partial charge < -0.3 is 9.42 Å². The number of carbonyl (C=O) groups excluding carboxylic acids is 1. The zero-order valence-corrected chi connectivity index (χ0v) is 12.2. The molecule has 0 spiro atoms. The van der Waals surface area contributed by atoms with Gasteiger partial charge in [-0.2, -0.15) is 0 Å². The minimum Gasteiger partial charge on any atom is -0.351 e. The van der Waals surface area contributed by atoms with E-state index in [9.17, 15) is 4.79 Å². The van der Waals surface area contributed by atoms with Gasteiger partial charge in [0, 0.05) is 37.0 Å². The van der Waals surface area contributed by atoms with Gasteiger partial charge in [0.2, 0.25) is 5.76 Å². The molecule has 3 heterocycles. The molecule has 1 amide bonds. The van der Waals surface area contributed by atoms with Crippen molar-refractivity contribution in [3.63, 3.8) is 0 Å². The van der Waals surface area contributed by atoms with Crippen LogP contribution in [0.2, 0.25) is 0 Å². The van der Waals surface area contributed by atoms with Crippen molar-refractivity contribution < 1.29 is 9.32 Å². The number of hydrogen-bond donors (Lipinski definition) is 0. The van der Waals surface area contributed by atoms with Crippen LogP contribution < -0.4 is 0 Å². The molecule has 1 aliphatic rings. The quantitative estimate of drug-likeness (QED) is 0.862. The maximum Gasteiger partial charge on any atom is 0.292 e. The standard InChI is InChI=1S/C15H18N4O2/c1-3-12-8-13(21-18-12)15(20)19-7-5-11(9-19)14-16-6-4-10(2)17-14/h4,6,8,11H,3,5,7,9H2,1-2H3/t11-/m0/s1. The molecule has 0 bridgehead atoms. The van der Waals surface area contributed by atoms with Crippen molar-refractivity contribution in [1.29, 1.82) is 0 Å². The molecule has 6 nitrogen and oxygen atoms in total. The first-order chi connectivity index (χ1) is 10.2. The molecule has 21 heavy (non-hydrogen) atoms. The molecule has 0 N–H and O–H groups in total. The van der Waals surface area contributed by atoms with Gasteiger partial charge in [0.25, 0.3) is 5.91 Å². The van der Waals surface area contributed by atoms with Crippen LogP contribution in [0, 0.1) is 6.92 Å². The largest absolute Gasteiger partial charge is 0.351 e. The molecule has 110 valence electrons. The highest BCUT2D eigenvalue weighted by Gasteiger charge is 2.31. The highest BCUT2D eigenvalue weighted by atomic mass is 16.5. The van der Waals surface area contributed by atoms with E-state index < -0.39 is 0 Å². The van der Waals surface area contributed by atoms with Gasteiger partial charge in [-0.25, -0.2) is 9.97 Å². The van der Waals surface area contributed by atoms with Crippen molar-refractivity contribution in [2.45, 2.75) is 32.6 Å². The monoisotopic (exact) mass is 286 g/mol. The number of amides is 1. The van der Waals surface area contributed by atoms with Gasteiger partial charge in [0.15, 0.2) is 0 Å². The molecule has 6 heteroatoms. The van der Waals surface area contributed by atoms with E-state index in [1.807, 2.05) is 19.9 Å². The molecule has 0 radical (unpaired) electrons. The summed E-state index contributed by atoms with van der Waals surface area (Å²) in [5.74, 6) is 1.23. The molecule has 0 unspecified atom stereocenters. The van der Waals surface area contributed by atoms with Gasteiger partial charge in [-0.05, 0) is 25.8 Å². The highest BCUT2D eigenvalue weighted by Crippen LogP contribution is 2.26. The van der Waals surface area contributed by atoms with E-state index in [0.29, 0.717) is 18.8 Å². The number of likely N-dealkylation sites (tertiary alicyclic amines) is 1. The molecule has 1 aliphatic heterocycles. The third-order valence-electron chi connectivity index (χ3n) is 3.79. The minimum atomic E-state index is -0.0997. The van der Waals surface area contributed by atoms with Crippen molar-refractivity contribution in [3.8, 4) is 0 Å². The lowest BCUT2D eigenvalue weighted by atomic mass is 10.1. The number of carbonyl (C=O) groups is 1. The normalized spacial score (nSPS) is 18.2. The highest BCUT2D eigenvalue weighted by molar-refractivity contribution is 5.91. The smallest absolute Gasteiger partial charge is 0.292 e. The van der Waals surface area contributed by atoms with Gasteiger partial charge >= 0.3 is 0 Å². The van der Waals surface area contributed by atoms with E-state index in [4.69, 9.17) is 4.52 Å². The second-order valence-corrected chi connectivity index (χ2v) is 5.33. The van der Waals surface area contributed by atoms with Crippen LogP contribution in [0.3, 0.4) is 0 Å². The molecular formula is C15H18N4O2. The summed E-state index contributed by atoms with van der Waals surface area (Å²) in [5.41, 5.74) is 1.75. The first-order valence-corrected chi connectivity index (χ1v) is 7.21. The fraction of sp³-hybridized carbons (Fsp3) is 0.467. The Morgan fingerprint density at radius 2 is 2.38 bits per heavy atom. The van der Waals surface area contributed by atoms with Crippen molar-refractivity contribution in [2.24, 2.45) is 0 Å². The lowest BCUT2D eigenvalue weighted by molar-refractivity contribution is 0.0749. The summed E-state index contributed by atoms with van der Waals surface area (Å²) in [7, 11) is 0. The summed E-state index contributed by atoms with van der Waals surface area (Å²) in [6.45, 7) is 5.25. The maximum atomic E-state index is 12.4. The van der Waals surface area contributed by atoms with E-state index in [1.165, 1.54) is 0 Å². The first-order valence-electron chi connectivity index (χ1n) is 7.21. The van der Waals surface area contributed by atoms with Crippen molar-refractivity contribution in [1.82, 2.24) is 20.0 Å². The first kappa shape index (κ1) is 13.7. The van der Waals surface area contributed by atoms with Gasteiger partial charge in [-0.1, -0.05) is 12.1 Å². The SMILES string of the molecule is CCc1cc(C(=O)N2CC[C@H](c3nccc(C)n3)C2)on1. The van der Waals surface area contributed by atoms with E-state index in [0.717, 1.165) is 30.1 Å². The van der Waals surface area contributed by atoms with Crippen LogP contribution in [0.15, 0.2) is 22.9 Å². The lowest BCUT2D eigenvalue weighted by Gasteiger charge is -2.14. The van der Waals surface area contributed by atoms with Crippen LogP contribution in [-0.2, 0) is 6.42 Å². The van der Waals surface area contributed by atoms with Crippen LogP contribution in [0.5, 0.6) is 0 Å². The molecule has 0 aromatic carbocycles. The minimum absolute atomic E-state index is 0.0997.